The van der Waals surface area contributed by atoms with Crippen LogP contribution in [-0.2, 0) is 28.0 Å². The smallest absolute Gasteiger partial charge is 0.246 e. The Balaban J connectivity index is 3.15. The van der Waals surface area contributed by atoms with Crippen molar-refractivity contribution in [3.63, 3.8) is 0 Å². The van der Waals surface area contributed by atoms with Gasteiger partial charge in [-0.2, -0.15) is 0 Å². The Hall–Kier alpha value is -0.556. The first-order valence-corrected chi connectivity index (χ1v) is 20.0. The molecule has 1 amide bonds. The average molecular weight is 588 g/mol. The Kier molecular flexibility index (Phi) is 14.1. The zero-order valence-corrected chi connectivity index (χ0v) is 29.7. The zero-order chi connectivity index (χ0) is 30.2. The molecule has 0 spiro atoms. The fraction of sp³-hybridized carbons (Fsp3) is 0.900. The number of amides is 1. The van der Waals surface area contributed by atoms with Gasteiger partial charge in [-0.3, -0.25) is 9.63 Å². The summed E-state index contributed by atoms with van der Waals surface area (Å²) in [5.74, 6) is -0.702. The molecule has 9 heteroatoms. The lowest BCUT2D eigenvalue weighted by atomic mass is 10.0. The van der Waals surface area contributed by atoms with Crippen LogP contribution in [0.5, 0.6) is 0 Å². The maximum absolute atomic E-state index is 12.3. The maximum Gasteiger partial charge on any atom is 0.246 e. The minimum atomic E-state index is -2.04. The summed E-state index contributed by atoms with van der Waals surface area (Å²) in [5.41, 5.74) is 1.61. The van der Waals surface area contributed by atoms with Gasteiger partial charge in [0.05, 0.1) is 26.4 Å². The van der Waals surface area contributed by atoms with E-state index in [-0.39, 0.29) is 23.0 Å². The first-order valence-electron chi connectivity index (χ1n) is 14.9. The number of hydrogen-bond donors (Lipinski definition) is 0. The fourth-order valence-electron chi connectivity index (χ4n) is 5.53. The summed E-state index contributed by atoms with van der Waals surface area (Å²) < 4.78 is 26.0. The van der Waals surface area contributed by atoms with Gasteiger partial charge in [0.1, 0.15) is 0 Å². The summed E-state index contributed by atoms with van der Waals surface area (Å²) in [7, 11) is -0.918. The number of carbonyl (C=O) groups excluding carboxylic acids is 1. The molecule has 1 heterocycles. The molecule has 39 heavy (non-hydrogen) atoms. The highest BCUT2D eigenvalue weighted by atomic mass is 28.4. The van der Waals surface area contributed by atoms with Gasteiger partial charge in [-0.25, -0.2) is 5.06 Å². The Morgan fingerprint density at radius 2 is 1.51 bits per heavy atom. The number of carbonyl (C=O) groups is 1. The van der Waals surface area contributed by atoms with Gasteiger partial charge in [-0.15, -0.1) is 0 Å². The van der Waals surface area contributed by atoms with Crippen LogP contribution in [0, 0.1) is 5.92 Å². The Morgan fingerprint density at radius 3 is 1.95 bits per heavy atom. The molecular weight excluding hydrogens is 527 g/mol. The molecule has 7 nitrogen and oxygen atoms in total. The van der Waals surface area contributed by atoms with Crippen LogP contribution in [0.2, 0.25) is 34.8 Å². The monoisotopic (exact) mass is 587 g/mol. The van der Waals surface area contributed by atoms with Crippen LogP contribution in [0.15, 0.2) is 12.2 Å². The highest BCUT2D eigenvalue weighted by molar-refractivity contribution is 6.77. The third-order valence-electron chi connectivity index (χ3n) is 9.01. The minimum absolute atomic E-state index is 0.0798. The van der Waals surface area contributed by atoms with E-state index in [1.54, 1.807) is 7.05 Å². The van der Waals surface area contributed by atoms with Crippen LogP contribution >= 0.6 is 0 Å². The lowest BCUT2D eigenvalue weighted by Gasteiger charge is -2.44. The lowest BCUT2D eigenvalue weighted by molar-refractivity contribution is -0.180. The van der Waals surface area contributed by atoms with E-state index in [4.69, 9.17) is 23.2 Å². The molecule has 1 saturated heterocycles. The summed E-state index contributed by atoms with van der Waals surface area (Å²) in [4.78, 5) is 17.4. The first-order chi connectivity index (χ1) is 17.8. The highest BCUT2D eigenvalue weighted by Gasteiger charge is 2.46. The van der Waals surface area contributed by atoms with Crippen LogP contribution in [0.3, 0.4) is 0 Å². The quantitative estimate of drug-likeness (QED) is 0.105. The van der Waals surface area contributed by atoms with Gasteiger partial charge in [-0.1, -0.05) is 81.4 Å². The number of hydroxylamine groups is 2. The second kappa shape index (κ2) is 15.1. The predicted molar refractivity (Wildman–Crippen MR) is 166 cm³/mol. The molecule has 0 aromatic carbocycles. The number of hydrogen-bond acceptors (Lipinski definition) is 6. The molecule has 0 bridgehead atoms. The molecule has 0 unspecified atom stereocenters. The van der Waals surface area contributed by atoms with Crippen molar-refractivity contribution in [2.45, 2.75) is 135 Å². The zero-order valence-electron chi connectivity index (χ0n) is 27.7. The Bertz CT molecular complexity index is 750. The molecule has 0 aromatic rings. The first kappa shape index (κ1) is 36.5. The maximum atomic E-state index is 12.3. The van der Waals surface area contributed by atoms with Crippen molar-refractivity contribution >= 4 is 22.5 Å². The van der Waals surface area contributed by atoms with E-state index in [0.717, 1.165) is 0 Å². The fourth-order valence-corrected chi connectivity index (χ4v) is 12.4. The molecule has 0 saturated carbocycles. The molecular formula is C30H61NO6Si2. The van der Waals surface area contributed by atoms with Crippen molar-refractivity contribution in [3.8, 4) is 0 Å². The molecule has 0 aromatic heterocycles. The van der Waals surface area contributed by atoms with Gasteiger partial charge >= 0.3 is 0 Å². The van der Waals surface area contributed by atoms with Crippen LogP contribution < -0.4 is 0 Å². The molecule has 0 N–H and O–H groups in total. The normalized spacial score (nSPS) is 18.5. The van der Waals surface area contributed by atoms with E-state index in [2.05, 4.69) is 94.5 Å². The number of ether oxygens (including phenoxy) is 2. The summed E-state index contributed by atoms with van der Waals surface area (Å²) >= 11 is 0. The SMILES string of the molecule is CON(C)C(=O)CCC1(C/C=C/[C@H](O[Si](C)(C)C(C)(C)C)[C@@H](C)CO[Si](C(C)C)(C(C)C)C(C)C)OCCO1. The van der Waals surface area contributed by atoms with Gasteiger partial charge in [0, 0.05) is 38.8 Å². The summed E-state index contributed by atoms with van der Waals surface area (Å²) in [5, 5.41) is 1.34. The molecule has 2 atom stereocenters. The van der Waals surface area contributed by atoms with E-state index in [0.29, 0.717) is 55.7 Å². The van der Waals surface area contributed by atoms with E-state index >= 15 is 0 Å². The van der Waals surface area contributed by atoms with Crippen molar-refractivity contribution in [2.24, 2.45) is 5.92 Å². The van der Waals surface area contributed by atoms with Crippen molar-refractivity contribution in [3.05, 3.63) is 12.2 Å². The van der Waals surface area contributed by atoms with Crippen molar-refractivity contribution in [2.75, 3.05) is 34.0 Å². The number of nitrogens with zero attached hydrogens (tertiary/aromatic N) is 1. The third-order valence-corrected chi connectivity index (χ3v) is 19.6. The Labute approximate surface area is 242 Å². The molecule has 0 radical (unpaired) electrons. The van der Waals surface area contributed by atoms with E-state index in [9.17, 15) is 4.79 Å². The van der Waals surface area contributed by atoms with Crippen LogP contribution in [-0.4, -0.2) is 73.5 Å². The van der Waals surface area contributed by atoms with Gasteiger partial charge in [0.15, 0.2) is 22.4 Å². The molecule has 1 fully saturated rings. The second-order valence-corrected chi connectivity index (χ2v) is 24.0. The largest absolute Gasteiger partial charge is 0.416 e. The van der Waals surface area contributed by atoms with Crippen LogP contribution in [0.4, 0.5) is 0 Å². The van der Waals surface area contributed by atoms with Crippen molar-refractivity contribution in [1.82, 2.24) is 5.06 Å². The molecule has 1 aliphatic rings. The molecule has 1 aliphatic heterocycles. The summed E-state index contributed by atoms with van der Waals surface area (Å²) in [6, 6.07) is 0. The summed E-state index contributed by atoms with van der Waals surface area (Å²) in [6.45, 7) is 29.4. The predicted octanol–water partition coefficient (Wildman–Crippen LogP) is 7.69. The van der Waals surface area contributed by atoms with E-state index < -0.39 is 22.4 Å². The topological polar surface area (TPSA) is 66.5 Å². The second-order valence-electron chi connectivity index (χ2n) is 13.8. The van der Waals surface area contributed by atoms with Gasteiger partial charge < -0.3 is 18.3 Å². The minimum Gasteiger partial charge on any atom is -0.416 e. The number of rotatable bonds is 16. The summed E-state index contributed by atoms with van der Waals surface area (Å²) in [6.07, 6.45) is 5.56. The molecule has 1 rings (SSSR count). The standard InChI is InChI=1S/C30H61NO6Si2/c1-23(2)39(24(3)4,25(5)6)36-22-26(7)27(37-38(13,14)29(8,9)10)16-15-18-30(34-20-21-35-30)19-17-28(32)31(11)33-12/h15-16,23-27H,17-22H2,1-14H3/b16-15+/t26-,27-/m0/s1. The lowest BCUT2D eigenvalue weighted by Crippen LogP contribution is -2.50. The Morgan fingerprint density at radius 1 is 1.00 bits per heavy atom. The molecule has 230 valence electrons. The van der Waals surface area contributed by atoms with E-state index in [1.807, 2.05) is 0 Å². The van der Waals surface area contributed by atoms with Crippen LogP contribution in [0.25, 0.3) is 0 Å². The van der Waals surface area contributed by atoms with Crippen molar-refractivity contribution in [1.29, 1.82) is 0 Å². The van der Waals surface area contributed by atoms with Gasteiger partial charge in [0.25, 0.3) is 0 Å². The third kappa shape index (κ3) is 9.75. The van der Waals surface area contributed by atoms with Gasteiger partial charge in [-0.05, 0) is 34.8 Å². The van der Waals surface area contributed by atoms with Crippen LogP contribution in [0.1, 0.15) is 88.5 Å². The highest BCUT2D eigenvalue weighted by Crippen LogP contribution is 2.43. The van der Waals surface area contributed by atoms with Gasteiger partial charge in [0.2, 0.25) is 5.91 Å². The average Bonchev–Trinajstić information content (AvgIpc) is 3.29. The van der Waals surface area contributed by atoms with E-state index in [1.165, 1.54) is 12.2 Å². The van der Waals surface area contributed by atoms with Crippen molar-refractivity contribution < 1.29 is 28.0 Å². The molecule has 0 aliphatic carbocycles.